The Morgan fingerprint density at radius 2 is 2.29 bits per heavy atom. The summed E-state index contributed by atoms with van der Waals surface area (Å²) >= 11 is 0. The van der Waals surface area contributed by atoms with Crippen LogP contribution in [0.15, 0.2) is 18.2 Å². The van der Waals surface area contributed by atoms with Crippen molar-refractivity contribution in [3.8, 4) is 0 Å². The van der Waals surface area contributed by atoms with Crippen LogP contribution < -0.4 is 5.73 Å². The molecule has 0 aromatic heterocycles. The van der Waals surface area contributed by atoms with Crippen LogP contribution in [0.1, 0.15) is 23.2 Å². The summed E-state index contributed by atoms with van der Waals surface area (Å²) in [6.07, 6.45) is 0.918. The number of carbonyl (C=O) groups excluding carboxylic acids is 1. The minimum Gasteiger partial charge on any atom is -0.399 e. The lowest BCUT2D eigenvalue weighted by molar-refractivity contribution is 0.0470. The zero-order valence-corrected chi connectivity index (χ0v) is 9.40. The molecule has 0 unspecified atom stereocenters. The highest BCUT2D eigenvalue weighted by molar-refractivity contribution is 5.94. The number of nitrogens with zero attached hydrogens (tertiary/aromatic N) is 1. The number of hydrogen-bond donors (Lipinski definition) is 2. The summed E-state index contributed by atoms with van der Waals surface area (Å²) in [5.74, 6) is -1.00. The summed E-state index contributed by atoms with van der Waals surface area (Å²) in [4.78, 5) is 13.5. The molecule has 0 spiro atoms. The maximum atomic E-state index is 13.6. The van der Waals surface area contributed by atoms with E-state index < -0.39 is 11.9 Å². The Balaban J connectivity index is 2.18. The van der Waals surface area contributed by atoms with E-state index in [2.05, 4.69) is 0 Å². The number of β-amino-alcohol motifs (C(OH)–C–C–N with tert-alkyl or cyclic N) is 1. The molecule has 2 rings (SSSR count). The van der Waals surface area contributed by atoms with E-state index in [4.69, 9.17) is 5.73 Å². The van der Waals surface area contributed by atoms with Gasteiger partial charge in [0.25, 0.3) is 5.91 Å². The normalized spacial score (nSPS) is 20.4. The highest BCUT2D eigenvalue weighted by atomic mass is 19.1. The summed E-state index contributed by atoms with van der Waals surface area (Å²) in [7, 11) is 0. The molecule has 1 fully saturated rings. The van der Waals surface area contributed by atoms with Gasteiger partial charge in [0, 0.05) is 18.8 Å². The number of aliphatic hydroxyl groups is 1. The van der Waals surface area contributed by atoms with Gasteiger partial charge < -0.3 is 15.7 Å². The van der Waals surface area contributed by atoms with Gasteiger partial charge in [0.15, 0.2) is 0 Å². The van der Waals surface area contributed by atoms with E-state index in [9.17, 15) is 14.3 Å². The van der Waals surface area contributed by atoms with Gasteiger partial charge >= 0.3 is 0 Å². The number of amides is 1. The van der Waals surface area contributed by atoms with Crippen LogP contribution in [0.25, 0.3) is 0 Å². The van der Waals surface area contributed by atoms with Crippen molar-refractivity contribution in [2.75, 3.05) is 18.8 Å². The molecule has 0 saturated carbocycles. The first-order valence-electron chi connectivity index (χ1n) is 5.60. The molecule has 1 aliphatic rings. The topological polar surface area (TPSA) is 66.6 Å². The molecule has 1 aromatic rings. The van der Waals surface area contributed by atoms with E-state index in [0.29, 0.717) is 13.0 Å². The first kappa shape index (κ1) is 11.9. The number of aliphatic hydroxyl groups excluding tert-OH is 1. The van der Waals surface area contributed by atoms with Crippen molar-refractivity contribution >= 4 is 11.6 Å². The number of piperidine rings is 1. The van der Waals surface area contributed by atoms with E-state index in [-0.39, 0.29) is 23.7 Å². The number of anilines is 1. The monoisotopic (exact) mass is 238 g/mol. The molecule has 1 aliphatic heterocycles. The number of hydrogen-bond acceptors (Lipinski definition) is 3. The van der Waals surface area contributed by atoms with Gasteiger partial charge in [-0.15, -0.1) is 0 Å². The highest BCUT2D eigenvalue weighted by Gasteiger charge is 2.24. The molecule has 4 nitrogen and oxygen atoms in total. The number of halogens is 1. The SMILES string of the molecule is Nc1ccc(C(=O)N2CCC[C@H](O)C2)c(F)c1. The van der Waals surface area contributed by atoms with Gasteiger partial charge in [-0.05, 0) is 31.0 Å². The minimum absolute atomic E-state index is 0.00769. The minimum atomic E-state index is -0.616. The Bertz CT molecular complexity index is 437. The molecule has 1 heterocycles. The molecular weight excluding hydrogens is 223 g/mol. The molecule has 1 saturated heterocycles. The second-order valence-electron chi connectivity index (χ2n) is 4.29. The Hall–Kier alpha value is -1.62. The number of likely N-dealkylation sites (tertiary alicyclic amines) is 1. The Morgan fingerprint density at radius 1 is 1.53 bits per heavy atom. The molecule has 1 aromatic carbocycles. The van der Waals surface area contributed by atoms with Crippen LogP contribution in [-0.2, 0) is 0 Å². The van der Waals surface area contributed by atoms with Crippen molar-refractivity contribution in [3.05, 3.63) is 29.6 Å². The standard InChI is InChI=1S/C12H15FN2O2/c13-11-6-8(14)3-4-10(11)12(17)15-5-1-2-9(16)7-15/h3-4,6,9,16H,1-2,5,7,14H2/t9-/m0/s1. The lowest BCUT2D eigenvalue weighted by Gasteiger charge is -2.30. The molecule has 17 heavy (non-hydrogen) atoms. The maximum Gasteiger partial charge on any atom is 0.256 e. The molecule has 1 atom stereocenters. The second-order valence-corrected chi connectivity index (χ2v) is 4.29. The summed E-state index contributed by atoms with van der Waals surface area (Å²) in [5.41, 5.74) is 5.72. The quantitative estimate of drug-likeness (QED) is 0.717. The van der Waals surface area contributed by atoms with Crippen LogP contribution in [0.3, 0.4) is 0 Å². The average Bonchev–Trinajstić information content (AvgIpc) is 2.28. The van der Waals surface area contributed by atoms with Crippen molar-refractivity contribution in [2.45, 2.75) is 18.9 Å². The van der Waals surface area contributed by atoms with E-state index in [1.54, 1.807) is 0 Å². The highest BCUT2D eigenvalue weighted by Crippen LogP contribution is 2.17. The van der Waals surface area contributed by atoms with Gasteiger partial charge in [0.1, 0.15) is 5.82 Å². The fourth-order valence-corrected chi connectivity index (χ4v) is 2.01. The summed E-state index contributed by atoms with van der Waals surface area (Å²) in [6.45, 7) is 0.822. The zero-order chi connectivity index (χ0) is 12.4. The van der Waals surface area contributed by atoms with Crippen LogP contribution in [-0.4, -0.2) is 35.1 Å². The van der Waals surface area contributed by atoms with E-state index >= 15 is 0 Å². The van der Waals surface area contributed by atoms with E-state index in [1.807, 2.05) is 0 Å². The van der Waals surface area contributed by atoms with Crippen LogP contribution in [0.2, 0.25) is 0 Å². The van der Waals surface area contributed by atoms with Crippen LogP contribution in [0.4, 0.5) is 10.1 Å². The second kappa shape index (κ2) is 4.71. The summed E-state index contributed by atoms with van der Waals surface area (Å²) in [5, 5.41) is 9.48. The smallest absolute Gasteiger partial charge is 0.256 e. The lowest BCUT2D eigenvalue weighted by atomic mass is 10.1. The molecule has 0 radical (unpaired) electrons. The molecule has 1 amide bonds. The van der Waals surface area contributed by atoms with E-state index in [0.717, 1.165) is 12.5 Å². The third-order valence-corrected chi connectivity index (χ3v) is 2.91. The average molecular weight is 238 g/mol. The first-order valence-corrected chi connectivity index (χ1v) is 5.60. The first-order chi connectivity index (χ1) is 8.08. The van der Waals surface area contributed by atoms with Gasteiger partial charge in [-0.2, -0.15) is 0 Å². The van der Waals surface area contributed by atoms with E-state index in [1.165, 1.54) is 17.0 Å². The van der Waals surface area contributed by atoms with Crippen LogP contribution in [0, 0.1) is 5.82 Å². The van der Waals surface area contributed by atoms with Crippen LogP contribution >= 0.6 is 0 Å². The van der Waals surface area contributed by atoms with Gasteiger partial charge in [-0.25, -0.2) is 4.39 Å². The number of carbonyl (C=O) groups is 1. The number of rotatable bonds is 1. The van der Waals surface area contributed by atoms with Gasteiger partial charge in [0.2, 0.25) is 0 Å². The predicted molar refractivity (Wildman–Crippen MR) is 62.0 cm³/mol. The Labute approximate surface area is 98.8 Å². The van der Waals surface area contributed by atoms with Crippen molar-refractivity contribution in [1.29, 1.82) is 0 Å². The van der Waals surface area contributed by atoms with Gasteiger partial charge in [0.05, 0.1) is 11.7 Å². The largest absolute Gasteiger partial charge is 0.399 e. The summed E-state index contributed by atoms with van der Waals surface area (Å²) < 4.78 is 13.6. The molecule has 5 heteroatoms. The predicted octanol–water partition coefficient (Wildman–Crippen LogP) is 1.00. The fraction of sp³-hybridized carbons (Fsp3) is 0.417. The lowest BCUT2D eigenvalue weighted by Crippen LogP contribution is -2.42. The maximum absolute atomic E-state index is 13.6. The van der Waals surface area contributed by atoms with Crippen molar-refractivity contribution in [1.82, 2.24) is 4.90 Å². The molecule has 92 valence electrons. The Morgan fingerprint density at radius 3 is 2.94 bits per heavy atom. The number of nitrogen functional groups attached to an aromatic ring is 1. The molecular formula is C12H15FN2O2. The van der Waals surface area contributed by atoms with Crippen molar-refractivity contribution in [3.63, 3.8) is 0 Å². The van der Waals surface area contributed by atoms with Gasteiger partial charge in [-0.1, -0.05) is 0 Å². The third-order valence-electron chi connectivity index (χ3n) is 2.91. The van der Waals surface area contributed by atoms with Crippen molar-refractivity contribution in [2.24, 2.45) is 0 Å². The number of nitrogens with two attached hydrogens (primary N) is 1. The Kier molecular flexibility index (Phi) is 3.28. The zero-order valence-electron chi connectivity index (χ0n) is 9.40. The molecule has 0 bridgehead atoms. The fourth-order valence-electron chi connectivity index (χ4n) is 2.01. The summed E-state index contributed by atoms with van der Waals surface area (Å²) in [6, 6.07) is 4.01. The molecule has 3 N–H and O–H groups in total. The van der Waals surface area contributed by atoms with Crippen molar-refractivity contribution < 1.29 is 14.3 Å². The van der Waals surface area contributed by atoms with Gasteiger partial charge in [-0.3, -0.25) is 4.79 Å². The number of benzene rings is 1. The van der Waals surface area contributed by atoms with Crippen LogP contribution in [0.5, 0.6) is 0 Å². The molecule has 0 aliphatic carbocycles. The third kappa shape index (κ3) is 2.55.